The van der Waals surface area contributed by atoms with Crippen molar-refractivity contribution < 1.29 is 4.74 Å². The van der Waals surface area contributed by atoms with Crippen LogP contribution in [0.2, 0.25) is 0 Å². The van der Waals surface area contributed by atoms with E-state index in [1.807, 2.05) is 24.3 Å². The summed E-state index contributed by atoms with van der Waals surface area (Å²) < 4.78 is 6.03. The highest BCUT2D eigenvalue weighted by Gasteiger charge is 2.25. The Morgan fingerprint density at radius 3 is 2.41 bits per heavy atom. The first-order valence-corrected chi connectivity index (χ1v) is 7.04. The van der Waals surface area contributed by atoms with Crippen LogP contribution in [0.25, 0.3) is 0 Å². The second kappa shape index (κ2) is 5.77. The van der Waals surface area contributed by atoms with Gasteiger partial charge in [-0.2, -0.15) is 0 Å². The third-order valence-electron chi connectivity index (χ3n) is 3.93. The summed E-state index contributed by atoms with van der Waals surface area (Å²) in [5, 5.41) is 0. The Bertz CT molecular complexity index is 346. The zero-order chi connectivity index (χ0) is 12.3. The van der Waals surface area contributed by atoms with Crippen LogP contribution in [0.5, 0.6) is 5.75 Å². The van der Waals surface area contributed by atoms with E-state index < -0.39 is 0 Å². The van der Waals surface area contributed by atoms with Gasteiger partial charge in [0.25, 0.3) is 0 Å². The lowest BCUT2D eigenvalue weighted by atomic mass is 9.80. The molecule has 94 valence electrons. The summed E-state index contributed by atoms with van der Waals surface area (Å²) in [5.74, 6) is 3.16. The fraction of sp³-hybridized carbons (Fsp3) is 0.600. The summed E-state index contributed by atoms with van der Waals surface area (Å²) in [6.45, 7) is 4.67. The Morgan fingerprint density at radius 1 is 1.12 bits per heavy atom. The Hall–Kier alpha value is -0.690. The van der Waals surface area contributed by atoms with Gasteiger partial charge in [0.05, 0.1) is 6.10 Å². The second-order valence-corrected chi connectivity index (χ2v) is 5.55. The molecule has 1 aliphatic rings. The van der Waals surface area contributed by atoms with Crippen molar-refractivity contribution in [2.24, 2.45) is 11.8 Å². The monoisotopic (exact) mass is 252 g/mol. The lowest BCUT2D eigenvalue weighted by Crippen LogP contribution is -2.28. The van der Waals surface area contributed by atoms with Crippen LogP contribution in [0.1, 0.15) is 38.7 Å². The van der Waals surface area contributed by atoms with Crippen LogP contribution in [0, 0.1) is 11.8 Å². The van der Waals surface area contributed by atoms with Gasteiger partial charge in [-0.25, -0.2) is 0 Å². The molecule has 0 N–H and O–H groups in total. The van der Waals surface area contributed by atoms with Gasteiger partial charge < -0.3 is 4.74 Å². The summed E-state index contributed by atoms with van der Waals surface area (Å²) in [5.41, 5.74) is 1.14. The quantitative estimate of drug-likeness (QED) is 0.713. The Morgan fingerprint density at radius 2 is 1.82 bits per heavy atom. The van der Waals surface area contributed by atoms with E-state index in [1.54, 1.807) is 0 Å². The van der Waals surface area contributed by atoms with Gasteiger partial charge in [0.15, 0.2) is 0 Å². The van der Waals surface area contributed by atoms with Crippen molar-refractivity contribution in [3.63, 3.8) is 0 Å². The summed E-state index contributed by atoms with van der Waals surface area (Å²) in [6, 6.07) is 8.13. The zero-order valence-electron chi connectivity index (χ0n) is 10.7. The summed E-state index contributed by atoms with van der Waals surface area (Å²) in [7, 11) is 0. The van der Waals surface area contributed by atoms with Crippen molar-refractivity contribution in [1.29, 1.82) is 0 Å². The Balaban J connectivity index is 1.92. The molecule has 0 amide bonds. The lowest BCUT2D eigenvalue weighted by molar-refractivity contribution is 0.101. The number of ether oxygens (including phenoxy) is 1. The highest BCUT2D eigenvalue weighted by Crippen LogP contribution is 2.31. The molecular formula is C15H21ClO. The van der Waals surface area contributed by atoms with Crippen LogP contribution in [0.3, 0.4) is 0 Å². The van der Waals surface area contributed by atoms with Crippen LogP contribution in [0.4, 0.5) is 0 Å². The third-order valence-corrected chi connectivity index (χ3v) is 4.24. The molecule has 3 atom stereocenters. The Kier molecular flexibility index (Phi) is 4.33. The Labute approximate surface area is 109 Å². The number of halogens is 1. The van der Waals surface area contributed by atoms with Crippen molar-refractivity contribution in [3.8, 4) is 5.75 Å². The van der Waals surface area contributed by atoms with Crippen molar-refractivity contribution in [2.75, 3.05) is 0 Å². The molecule has 1 fully saturated rings. The molecule has 1 nitrogen and oxygen atoms in total. The SMILES string of the molecule is CC1CCC(Oc2ccc(CCl)cc2)CC1C. The molecule has 0 heterocycles. The van der Waals surface area contributed by atoms with Gasteiger partial charge >= 0.3 is 0 Å². The third kappa shape index (κ3) is 3.38. The van der Waals surface area contributed by atoms with Gasteiger partial charge in [-0.3, -0.25) is 0 Å². The maximum absolute atomic E-state index is 6.03. The average Bonchev–Trinajstić information content (AvgIpc) is 2.35. The zero-order valence-corrected chi connectivity index (χ0v) is 11.4. The maximum atomic E-state index is 6.03. The predicted octanol–water partition coefficient (Wildman–Crippen LogP) is 4.63. The summed E-state index contributed by atoms with van der Waals surface area (Å²) >= 11 is 5.77. The van der Waals surface area contributed by atoms with Gasteiger partial charge in [-0.1, -0.05) is 26.0 Å². The van der Waals surface area contributed by atoms with Crippen LogP contribution in [-0.4, -0.2) is 6.10 Å². The smallest absolute Gasteiger partial charge is 0.119 e. The van der Waals surface area contributed by atoms with Gasteiger partial charge in [0.1, 0.15) is 5.75 Å². The van der Waals surface area contributed by atoms with Gasteiger partial charge in [0, 0.05) is 5.88 Å². The van der Waals surface area contributed by atoms with E-state index in [9.17, 15) is 0 Å². The molecule has 1 aromatic carbocycles. The van der Waals surface area contributed by atoms with Crippen LogP contribution in [0.15, 0.2) is 24.3 Å². The number of hydrogen-bond acceptors (Lipinski definition) is 1. The summed E-state index contributed by atoms with van der Waals surface area (Å²) in [6.07, 6.45) is 4.04. The molecule has 1 saturated carbocycles. The molecule has 0 bridgehead atoms. The average molecular weight is 253 g/mol. The maximum Gasteiger partial charge on any atom is 0.119 e. The molecule has 2 heteroatoms. The van der Waals surface area contributed by atoms with E-state index in [2.05, 4.69) is 13.8 Å². The molecular weight excluding hydrogens is 232 g/mol. The summed E-state index contributed by atoms with van der Waals surface area (Å²) in [4.78, 5) is 0. The van der Waals surface area contributed by atoms with Gasteiger partial charge in [0.2, 0.25) is 0 Å². The van der Waals surface area contributed by atoms with E-state index in [1.165, 1.54) is 19.3 Å². The minimum absolute atomic E-state index is 0.392. The molecule has 2 rings (SSSR count). The highest BCUT2D eigenvalue weighted by molar-refractivity contribution is 6.17. The van der Waals surface area contributed by atoms with Crippen molar-refractivity contribution in [2.45, 2.75) is 45.1 Å². The fourth-order valence-corrected chi connectivity index (χ4v) is 2.63. The van der Waals surface area contributed by atoms with Gasteiger partial charge in [-0.15, -0.1) is 11.6 Å². The number of benzene rings is 1. The first kappa shape index (κ1) is 12.8. The van der Waals surface area contributed by atoms with E-state index in [4.69, 9.17) is 16.3 Å². The first-order valence-electron chi connectivity index (χ1n) is 6.50. The van der Waals surface area contributed by atoms with Crippen LogP contribution < -0.4 is 4.74 Å². The van der Waals surface area contributed by atoms with E-state index in [0.717, 1.165) is 23.1 Å². The van der Waals surface area contributed by atoms with Crippen LogP contribution in [-0.2, 0) is 5.88 Å². The fourth-order valence-electron chi connectivity index (χ4n) is 2.45. The van der Waals surface area contributed by atoms with Crippen molar-refractivity contribution in [3.05, 3.63) is 29.8 Å². The number of hydrogen-bond donors (Lipinski definition) is 0. The molecule has 1 aliphatic carbocycles. The topological polar surface area (TPSA) is 9.23 Å². The van der Waals surface area contributed by atoms with Gasteiger partial charge in [-0.05, 0) is 48.8 Å². The molecule has 17 heavy (non-hydrogen) atoms. The standard InChI is InChI=1S/C15H21ClO/c1-11-3-6-15(9-12(11)2)17-14-7-4-13(10-16)5-8-14/h4-5,7-8,11-12,15H,3,6,9-10H2,1-2H3. The van der Waals surface area contributed by atoms with Crippen molar-refractivity contribution >= 4 is 11.6 Å². The van der Waals surface area contributed by atoms with E-state index in [0.29, 0.717) is 12.0 Å². The predicted molar refractivity (Wildman–Crippen MR) is 72.6 cm³/mol. The second-order valence-electron chi connectivity index (χ2n) is 5.29. The molecule has 3 unspecified atom stereocenters. The molecule has 0 spiro atoms. The lowest BCUT2D eigenvalue weighted by Gasteiger charge is -2.32. The van der Waals surface area contributed by atoms with E-state index >= 15 is 0 Å². The molecule has 1 aromatic rings. The molecule has 0 aliphatic heterocycles. The van der Waals surface area contributed by atoms with Crippen molar-refractivity contribution in [1.82, 2.24) is 0 Å². The normalized spacial score (nSPS) is 29.0. The minimum atomic E-state index is 0.392. The number of alkyl halides is 1. The number of rotatable bonds is 3. The minimum Gasteiger partial charge on any atom is -0.490 e. The molecule has 0 radical (unpaired) electrons. The molecule has 0 aromatic heterocycles. The first-order chi connectivity index (χ1) is 8.19. The highest BCUT2D eigenvalue weighted by atomic mass is 35.5. The van der Waals surface area contributed by atoms with E-state index in [-0.39, 0.29) is 0 Å². The van der Waals surface area contributed by atoms with Crippen LogP contribution >= 0.6 is 11.6 Å². The molecule has 0 saturated heterocycles. The largest absolute Gasteiger partial charge is 0.490 e.